The lowest BCUT2D eigenvalue weighted by Gasteiger charge is -2.10. The molecular formula is C15H16N2O2. The predicted octanol–water partition coefficient (Wildman–Crippen LogP) is 2.50. The SMILES string of the molecule is O=C(NCc1ccccc1)Nc1ccccc1CO. The molecule has 0 unspecified atom stereocenters. The first-order valence-electron chi connectivity index (χ1n) is 6.07. The fourth-order valence-corrected chi connectivity index (χ4v) is 1.72. The first-order chi connectivity index (χ1) is 9.29. The van der Waals surface area contributed by atoms with Gasteiger partial charge in [0.25, 0.3) is 0 Å². The molecule has 0 aliphatic rings. The average molecular weight is 256 g/mol. The minimum absolute atomic E-state index is 0.102. The molecule has 0 aliphatic carbocycles. The van der Waals surface area contributed by atoms with Gasteiger partial charge in [-0.2, -0.15) is 0 Å². The summed E-state index contributed by atoms with van der Waals surface area (Å²) >= 11 is 0. The van der Waals surface area contributed by atoms with Gasteiger partial charge in [-0.3, -0.25) is 0 Å². The van der Waals surface area contributed by atoms with Crippen molar-refractivity contribution in [3.8, 4) is 0 Å². The number of urea groups is 1. The molecule has 0 bridgehead atoms. The molecule has 0 spiro atoms. The zero-order valence-electron chi connectivity index (χ0n) is 10.5. The molecule has 0 radical (unpaired) electrons. The lowest BCUT2D eigenvalue weighted by Crippen LogP contribution is -2.28. The third kappa shape index (κ3) is 3.82. The van der Waals surface area contributed by atoms with Crippen molar-refractivity contribution < 1.29 is 9.90 Å². The van der Waals surface area contributed by atoms with Crippen molar-refractivity contribution in [2.45, 2.75) is 13.2 Å². The van der Waals surface area contributed by atoms with E-state index in [1.165, 1.54) is 0 Å². The van der Waals surface area contributed by atoms with Gasteiger partial charge in [0.15, 0.2) is 0 Å². The molecule has 0 saturated heterocycles. The van der Waals surface area contributed by atoms with Gasteiger partial charge in [-0.05, 0) is 11.6 Å². The number of rotatable bonds is 4. The van der Waals surface area contributed by atoms with Crippen molar-refractivity contribution in [2.75, 3.05) is 5.32 Å². The van der Waals surface area contributed by atoms with E-state index in [-0.39, 0.29) is 12.6 Å². The number of hydrogen-bond acceptors (Lipinski definition) is 2. The van der Waals surface area contributed by atoms with E-state index in [2.05, 4.69) is 10.6 Å². The number of para-hydroxylation sites is 1. The molecule has 2 amide bonds. The smallest absolute Gasteiger partial charge is 0.319 e. The maximum absolute atomic E-state index is 11.8. The van der Waals surface area contributed by atoms with E-state index in [1.807, 2.05) is 42.5 Å². The highest BCUT2D eigenvalue weighted by Gasteiger charge is 2.05. The molecule has 2 rings (SSSR count). The van der Waals surface area contributed by atoms with Crippen LogP contribution in [0.2, 0.25) is 0 Å². The molecule has 0 fully saturated rings. The van der Waals surface area contributed by atoms with Crippen LogP contribution in [0.1, 0.15) is 11.1 Å². The van der Waals surface area contributed by atoms with Crippen LogP contribution in [0.3, 0.4) is 0 Å². The minimum atomic E-state index is -0.287. The Kier molecular flexibility index (Phi) is 4.53. The molecule has 0 atom stereocenters. The van der Waals surface area contributed by atoms with Crippen molar-refractivity contribution in [2.24, 2.45) is 0 Å². The van der Waals surface area contributed by atoms with Gasteiger partial charge in [0.05, 0.1) is 6.61 Å². The van der Waals surface area contributed by atoms with E-state index in [0.29, 0.717) is 17.8 Å². The van der Waals surface area contributed by atoms with E-state index in [1.54, 1.807) is 12.1 Å². The number of nitrogens with one attached hydrogen (secondary N) is 2. The summed E-state index contributed by atoms with van der Waals surface area (Å²) < 4.78 is 0. The van der Waals surface area contributed by atoms with Crippen molar-refractivity contribution in [1.29, 1.82) is 0 Å². The molecule has 0 saturated carbocycles. The fraction of sp³-hybridized carbons (Fsp3) is 0.133. The summed E-state index contributed by atoms with van der Waals surface area (Å²) in [5.41, 5.74) is 2.35. The Bertz CT molecular complexity index is 541. The van der Waals surface area contributed by atoms with Crippen LogP contribution < -0.4 is 10.6 Å². The third-order valence-corrected chi connectivity index (χ3v) is 2.73. The molecule has 2 aromatic rings. The van der Waals surface area contributed by atoms with Gasteiger partial charge in [-0.25, -0.2) is 4.79 Å². The van der Waals surface area contributed by atoms with Crippen LogP contribution in [-0.2, 0) is 13.2 Å². The quantitative estimate of drug-likeness (QED) is 0.787. The summed E-state index contributed by atoms with van der Waals surface area (Å²) in [5.74, 6) is 0. The lowest BCUT2D eigenvalue weighted by molar-refractivity contribution is 0.251. The number of aliphatic hydroxyl groups excluding tert-OH is 1. The van der Waals surface area contributed by atoms with Crippen LogP contribution in [-0.4, -0.2) is 11.1 Å². The summed E-state index contributed by atoms with van der Waals surface area (Å²) in [5, 5.41) is 14.7. The number of anilines is 1. The molecule has 2 aromatic carbocycles. The molecule has 4 nitrogen and oxygen atoms in total. The van der Waals surface area contributed by atoms with Crippen LogP contribution in [0.5, 0.6) is 0 Å². The number of amides is 2. The number of carbonyl (C=O) groups is 1. The Labute approximate surface area is 112 Å². The largest absolute Gasteiger partial charge is 0.392 e. The Morgan fingerprint density at radius 1 is 1.00 bits per heavy atom. The number of carbonyl (C=O) groups excluding carboxylic acids is 1. The number of hydrogen-bond donors (Lipinski definition) is 3. The van der Waals surface area contributed by atoms with Gasteiger partial charge < -0.3 is 15.7 Å². The lowest BCUT2D eigenvalue weighted by atomic mass is 10.2. The standard InChI is InChI=1S/C15H16N2O2/c18-11-13-8-4-5-9-14(13)17-15(19)16-10-12-6-2-1-3-7-12/h1-9,18H,10-11H2,(H2,16,17,19). The van der Waals surface area contributed by atoms with Crippen LogP contribution in [0, 0.1) is 0 Å². The van der Waals surface area contributed by atoms with Gasteiger partial charge in [0, 0.05) is 17.8 Å². The van der Waals surface area contributed by atoms with Gasteiger partial charge in [0.1, 0.15) is 0 Å². The minimum Gasteiger partial charge on any atom is -0.392 e. The predicted molar refractivity (Wildman–Crippen MR) is 74.7 cm³/mol. The molecule has 4 heteroatoms. The monoisotopic (exact) mass is 256 g/mol. The zero-order valence-corrected chi connectivity index (χ0v) is 10.5. The zero-order chi connectivity index (χ0) is 13.5. The van der Waals surface area contributed by atoms with Crippen LogP contribution >= 0.6 is 0 Å². The van der Waals surface area contributed by atoms with Crippen molar-refractivity contribution in [3.63, 3.8) is 0 Å². The average Bonchev–Trinajstić information content (AvgIpc) is 2.47. The van der Waals surface area contributed by atoms with Gasteiger partial charge in [0.2, 0.25) is 0 Å². The summed E-state index contributed by atoms with van der Waals surface area (Å²) in [6.07, 6.45) is 0. The van der Waals surface area contributed by atoms with Crippen LogP contribution in [0.25, 0.3) is 0 Å². The van der Waals surface area contributed by atoms with E-state index in [4.69, 9.17) is 5.11 Å². The Morgan fingerprint density at radius 3 is 2.42 bits per heavy atom. The summed E-state index contributed by atoms with van der Waals surface area (Å²) in [6, 6.07) is 16.5. The first-order valence-corrected chi connectivity index (χ1v) is 6.07. The van der Waals surface area contributed by atoms with E-state index < -0.39 is 0 Å². The van der Waals surface area contributed by atoms with Crippen molar-refractivity contribution >= 4 is 11.7 Å². The molecule has 19 heavy (non-hydrogen) atoms. The Hall–Kier alpha value is -2.33. The summed E-state index contributed by atoms with van der Waals surface area (Å²) in [4.78, 5) is 11.8. The molecule has 0 aromatic heterocycles. The van der Waals surface area contributed by atoms with Gasteiger partial charge in [-0.15, -0.1) is 0 Å². The van der Waals surface area contributed by atoms with E-state index in [9.17, 15) is 4.79 Å². The maximum Gasteiger partial charge on any atom is 0.319 e. The second-order valence-electron chi connectivity index (χ2n) is 4.11. The summed E-state index contributed by atoms with van der Waals surface area (Å²) in [7, 11) is 0. The van der Waals surface area contributed by atoms with E-state index in [0.717, 1.165) is 5.56 Å². The number of aliphatic hydroxyl groups is 1. The fourth-order valence-electron chi connectivity index (χ4n) is 1.72. The highest BCUT2D eigenvalue weighted by molar-refractivity contribution is 5.90. The second-order valence-corrected chi connectivity index (χ2v) is 4.11. The second kappa shape index (κ2) is 6.56. The first kappa shape index (κ1) is 13.1. The Morgan fingerprint density at radius 2 is 1.68 bits per heavy atom. The molecular weight excluding hydrogens is 240 g/mol. The summed E-state index contributed by atoms with van der Waals surface area (Å²) in [6.45, 7) is 0.364. The Balaban J connectivity index is 1.91. The molecule has 0 aliphatic heterocycles. The maximum atomic E-state index is 11.8. The molecule has 3 N–H and O–H groups in total. The van der Waals surface area contributed by atoms with Gasteiger partial charge >= 0.3 is 6.03 Å². The third-order valence-electron chi connectivity index (χ3n) is 2.73. The normalized spacial score (nSPS) is 9.95. The van der Waals surface area contributed by atoms with E-state index >= 15 is 0 Å². The van der Waals surface area contributed by atoms with Crippen LogP contribution in [0.15, 0.2) is 54.6 Å². The topological polar surface area (TPSA) is 61.4 Å². The van der Waals surface area contributed by atoms with Crippen molar-refractivity contribution in [3.05, 3.63) is 65.7 Å². The van der Waals surface area contributed by atoms with Crippen LogP contribution in [0.4, 0.5) is 10.5 Å². The molecule has 0 heterocycles. The van der Waals surface area contributed by atoms with Gasteiger partial charge in [-0.1, -0.05) is 48.5 Å². The number of benzene rings is 2. The highest BCUT2D eigenvalue weighted by Crippen LogP contribution is 2.14. The highest BCUT2D eigenvalue weighted by atomic mass is 16.3. The molecule has 98 valence electrons. The van der Waals surface area contributed by atoms with Crippen molar-refractivity contribution in [1.82, 2.24) is 5.32 Å².